The molecule has 0 spiro atoms. The number of esters is 4. The third-order valence-corrected chi connectivity index (χ3v) is 17.8. The summed E-state index contributed by atoms with van der Waals surface area (Å²) in [6.07, 6.45) is 39.1. The highest BCUT2D eigenvalue weighted by Gasteiger charge is 2.30. The van der Waals surface area contributed by atoms with Gasteiger partial charge in [0.2, 0.25) is 0 Å². The summed E-state index contributed by atoms with van der Waals surface area (Å²) >= 11 is 0. The molecule has 0 aromatic carbocycles. The van der Waals surface area contributed by atoms with Gasteiger partial charge >= 0.3 is 39.5 Å². The fourth-order valence-corrected chi connectivity index (χ4v) is 11.7. The number of carbonyl (C=O) groups is 4. The molecule has 3 unspecified atom stereocenters. The lowest BCUT2D eigenvalue weighted by atomic mass is 10.00. The van der Waals surface area contributed by atoms with Crippen LogP contribution in [-0.2, 0) is 65.4 Å². The first-order chi connectivity index (χ1) is 41.6. The molecule has 0 aromatic rings. The van der Waals surface area contributed by atoms with Crippen molar-refractivity contribution in [2.45, 2.75) is 350 Å². The highest BCUT2D eigenvalue weighted by atomic mass is 31.2. The van der Waals surface area contributed by atoms with Gasteiger partial charge in [0.15, 0.2) is 12.2 Å². The van der Waals surface area contributed by atoms with Gasteiger partial charge in [0.1, 0.15) is 19.3 Å². The molecule has 0 bridgehead atoms. The van der Waals surface area contributed by atoms with E-state index in [0.29, 0.717) is 31.6 Å². The van der Waals surface area contributed by atoms with E-state index >= 15 is 0 Å². The van der Waals surface area contributed by atoms with Crippen LogP contribution in [0.4, 0.5) is 0 Å². The quantitative estimate of drug-likeness (QED) is 0.0222. The second-order valence-corrected chi connectivity index (χ2v) is 29.1. The molecule has 0 amide bonds. The van der Waals surface area contributed by atoms with Crippen molar-refractivity contribution in [2.75, 3.05) is 39.6 Å². The minimum Gasteiger partial charge on any atom is -0.462 e. The molecular weight excluding hydrogens is 1150 g/mol. The van der Waals surface area contributed by atoms with Crippen LogP contribution in [0.2, 0.25) is 0 Å². The van der Waals surface area contributed by atoms with E-state index in [0.717, 1.165) is 114 Å². The monoisotopic (exact) mass is 1280 g/mol. The normalized spacial score (nSPS) is 14.6. The molecule has 0 aromatic heterocycles. The van der Waals surface area contributed by atoms with E-state index < -0.39 is 97.5 Å². The van der Waals surface area contributed by atoms with Crippen LogP contribution in [-0.4, -0.2) is 96.7 Å². The van der Waals surface area contributed by atoms with Crippen LogP contribution in [0, 0.1) is 23.7 Å². The second kappa shape index (κ2) is 57.9. The summed E-state index contributed by atoms with van der Waals surface area (Å²) in [5.41, 5.74) is 0. The van der Waals surface area contributed by atoms with Crippen LogP contribution in [0.15, 0.2) is 0 Å². The van der Waals surface area contributed by atoms with Gasteiger partial charge in [-0.15, -0.1) is 0 Å². The highest BCUT2D eigenvalue weighted by Crippen LogP contribution is 2.45. The van der Waals surface area contributed by atoms with Gasteiger partial charge in [-0.05, 0) is 49.4 Å². The molecule has 87 heavy (non-hydrogen) atoms. The van der Waals surface area contributed by atoms with Crippen molar-refractivity contribution < 1.29 is 80.2 Å². The first kappa shape index (κ1) is 85.1. The molecule has 19 heteroatoms. The van der Waals surface area contributed by atoms with Crippen LogP contribution in [0.25, 0.3) is 0 Å². The maximum Gasteiger partial charge on any atom is 0.472 e. The topological polar surface area (TPSA) is 237 Å². The van der Waals surface area contributed by atoms with Crippen LogP contribution in [0.1, 0.15) is 331 Å². The predicted molar refractivity (Wildman–Crippen MR) is 349 cm³/mol. The lowest BCUT2D eigenvalue weighted by Gasteiger charge is -2.21. The summed E-state index contributed by atoms with van der Waals surface area (Å²) in [7, 11) is -9.90. The molecule has 6 atom stereocenters. The van der Waals surface area contributed by atoms with E-state index in [-0.39, 0.29) is 25.7 Å². The summed E-state index contributed by atoms with van der Waals surface area (Å²) in [4.78, 5) is 72.4. The third-order valence-electron chi connectivity index (χ3n) is 15.9. The number of hydrogen-bond acceptors (Lipinski definition) is 15. The van der Waals surface area contributed by atoms with Crippen molar-refractivity contribution >= 4 is 39.5 Å². The number of phosphoric acid groups is 2. The molecule has 3 N–H and O–H groups in total. The van der Waals surface area contributed by atoms with E-state index in [1.54, 1.807) is 0 Å². The number of unbranched alkanes of at least 4 members (excludes halogenated alkanes) is 30. The smallest absolute Gasteiger partial charge is 0.462 e. The maximum absolute atomic E-state index is 13.0. The summed E-state index contributed by atoms with van der Waals surface area (Å²) < 4.78 is 68.1. The molecule has 516 valence electrons. The fourth-order valence-electron chi connectivity index (χ4n) is 10.1. The molecule has 0 rings (SSSR count). The van der Waals surface area contributed by atoms with E-state index in [4.69, 9.17) is 37.0 Å². The van der Waals surface area contributed by atoms with Gasteiger partial charge in [0.25, 0.3) is 0 Å². The average Bonchev–Trinajstić information content (AvgIpc) is 3.69. The van der Waals surface area contributed by atoms with Gasteiger partial charge in [-0.25, -0.2) is 9.13 Å². The van der Waals surface area contributed by atoms with Gasteiger partial charge in [-0.2, -0.15) is 0 Å². The minimum atomic E-state index is -4.95. The van der Waals surface area contributed by atoms with Gasteiger partial charge < -0.3 is 33.8 Å². The van der Waals surface area contributed by atoms with Crippen molar-refractivity contribution in [3.05, 3.63) is 0 Å². The largest absolute Gasteiger partial charge is 0.472 e. The highest BCUT2D eigenvalue weighted by molar-refractivity contribution is 7.47. The average molecular weight is 1280 g/mol. The molecule has 0 saturated heterocycles. The van der Waals surface area contributed by atoms with Crippen molar-refractivity contribution in [1.29, 1.82) is 0 Å². The van der Waals surface area contributed by atoms with Crippen molar-refractivity contribution in [3.63, 3.8) is 0 Å². The Balaban J connectivity index is 5.24. The molecule has 0 aliphatic rings. The summed E-state index contributed by atoms with van der Waals surface area (Å²) in [6.45, 7) is 14.0. The Kier molecular flexibility index (Phi) is 56.6. The zero-order valence-corrected chi connectivity index (χ0v) is 58.4. The maximum atomic E-state index is 13.0. The number of aliphatic hydroxyl groups is 1. The van der Waals surface area contributed by atoms with Gasteiger partial charge in [0, 0.05) is 25.7 Å². The molecular formula is C68H132O17P2. The molecule has 17 nitrogen and oxygen atoms in total. The SMILES string of the molecule is CCC(C)CCCCCCCCC(=O)OC[C@H](COP(=O)(O)OC[C@H](O)COP(=O)(O)OC[C@@H](COC(=O)CCCCCCCCCCCC(C)C)OC(=O)CCCCCCCCCCCCCCCC(C)C)OC(=O)CCCCCCCCC(C)C. The van der Waals surface area contributed by atoms with Crippen molar-refractivity contribution in [3.8, 4) is 0 Å². The van der Waals surface area contributed by atoms with Crippen LogP contribution < -0.4 is 0 Å². The lowest BCUT2D eigenvalue weighted by Crippen LogP contribution is -2.30. The van der Waals surface area contributed by atoms with Gasteiger partial charge in [0.05, 0.1) is 26.4 Å². The number of phosphoric ester groups is 2. The number of ether oxygens (including phenoxy) is 4. The summed E-state index contributed by atoms with van der Waals surface area (Å²) in [6, 6.07) is 0. The van der Waals surface area contributed by atoms with E-state index in [9.17, 15) is 43.2 Å². The minimum absolute atomic E-state index is 0.101. The summed E-state index contributed by atoms with van der Waals surface area (Å²) in [5.74, 6) is 0.793. The van der Waals surface area contributed by atoms with Crippen molar-refractivity contribution in [1.82, 2.24) is 0 Å². The van der Waals surface area contributed by atoms with Crippen LogP contribution >= 0.6 is 15.6 Å². The Bertz CT molecular complexity index is 1730. The standard InChI is InChI=1S/C68H132O17P2/c1-9-61(8)47-39-31-25-27-33-41-49-66(71)79-55-64(85-68(73)51-43-35-26-24-30-38-46-60(6)7)57-83-87(76,77)81-53-62(69)52-80-86(74,75)82-56-63(54-78-65(70)48-40-32-22-19-15-17-21-29-37-45-59(4)5)84-67(72)50-42-34-23-18-14-12-10-11-13-16-20-28-36-44-58(2)3/h58-64,69H,9-57H2,1-8H3,(H,74,75)(H,76,77)/t61?,62-,63-,64-/m1/s1. The number of aliphatic hydroxyl groups excluding tert-OH is 1. The number of carbonyl (C=O) groups excluding carboxylic acids is 4. The number of hydrogen-bond donors (Lipinski definition) is 3. The molecule has 0 aliphatic heterocycles. The van der Waals surface area contributed by atoms with Gasteiger partial charge in [-0.3, -0.25) is 37.3 Å². The van der Waals surface area contributed by atoms with E-state index in [1.807, 2.05) is 0 Å². The first-order valence-electron chi connectivity index (χ1n) is 35.2. The molecule has 0 saturated carbocycles. The van der Waals surface area contributed by atoms with Crippen LogP contribution in [0.5, 0.6) is 0 Å². The zero-order chi connectivity index (χ0) is 64.7. The molecule has 0 heterocycles. The fraction of sp³-hybridized carbons (Fsp3) is 0.941. The van der Waals surface area contributed by atoms with Gasteiger partial charge in [-0.1, -0.05) is 280 Å². The molecule has 0 fully saturated rings. The molecule has 0 radical (unpaired) electrons. The predicted octanol–water partition coefficient (Wildman–Crippen LogP) is 18.9. The second-order valence-electron chi connectivity index (χ2n) is 26.2. The lowest BCUT2D eigenvalue weighted by molar-refractivity contribution is -0.161. The Morgan fingerprint density at radius 1 is 0.322 bits per heavy atom. The van der Waals surface area contributed by atoms with E-state index in [2.05, 4.69) is 55.4 Å². The Labute approximate surface area is 530 Å². The Morgan fingerprint density at radius 2 is 0.552 bits per heavy atom. The first-order valence-corrected chi connectivity index (χ1v) is 38.2. The number of rotatable bonds is 65. The molecule has 0 aliphatic carbocycles. The zero-order valence-electron chi connectivity index (χ0n) is 56.6. The Hall–Kier alpha value is -1.94. The van der Waals surface area contributed by atoms with E-state index in [1.165, 1.54) is 128 Å². The summed E-state index contributed by atoms with van der Waals surface area (Å²) in [5, 5.41) is 10.6. The third kappa shape index (κ3) is 61.3. The Morgan fingerprint density at radius 3 is 0.816 bits per heavy atom. The van der Waals surface area contributed by atoms with Crippen molar-refractivity contribution in [2.24, 2.45) is 23.7 Å². The van der Waals surface area contributed by atoms with Crippen LogP contribution in [0.3, 0.4) is 0 Å².